The fourth-order valence-electron chi connectivity index (χ4n) is 0.946. The molecule has 0 aromatic carbocycles. The minimum absolute atomic E-state index is 0.139. The molecule has 0 aromatic heterocycles. The normalized spacial score (nSPS) is 12.8. The molecule has 0 fully saturated rings. The maximum Gasteiger partial charge on any atom is 0.317 e. The second-order valence-electron chi connectivity index (χ2n) is 2.75. The number of rotatable bonds is 7. The zero-order valence-electron chi connectivity index (χ0n) is 7.59. The van der Waals surface area contributed by atoms with E-state index >= 15 is 0 Å². The van der Waals surface area contributed by atoms with Crippen LogP contribution in [0.15, 0.2) is 0 Å². The number of nitrogens with two attached hydrogens (primary N) is 1. The zero-order valence-corrected chi connectivity index (χ0v) is 7.59. The van der Waals surface area contributed by atoms with Gasteiger partial charge >= 0.3 is 11.9 Å². The third kappa shape index (κ3) is 5.46. The molecular formula is C7H14N2O5. The number of aliphatic hydroxyl groups is 1. The maximum atomic E-state index is 10.3. The first-order valence-electron chi connectivity index (χ1n) is 4.03. The van der Waals surface area contributed by atoms with Crippen molar-refractivity contribution in [2.24, 2.45) is 5.73 Å². The van der Waals surface area contributed by atoms with E-state index in [1.807, 2.05) is 0 Å². The molecule has 0 bridgehead atoms. The molecule has 0 amide bonds. The second-order valence-corrected chi connectivity index (χ2v) is 2.75. The summed E-state index contributed by atoms with van der Waals surface area (Å²) < 4.78 is 0. The smallest absolute Gasteiger partial charge is 0.317 e. The van der Waals surface area contributed by atoms with Crippen LogP contribution in [-0.2, 0) is 9.59 Å². The first-order chi connectivity index (χ1) is 6.47. The number of nitrogens with zero attached hydrogens (tertiary/aromatic N) is 1. The molecular weight excluding hydrogens is 192 g/mol. The fraction of sp³-hybridized carbons (Fsp3) is 0.714. The Morgan fingerprint density at radius 2 is 1.64 bits per heavy atom. The number of hydrogen-bond donors (Lipinski definition) is 4. The van der Waals surface area contributed by atoms with E-state index in [0.29, 0.717) is 0 Å². The summed E-state index contributed by atoms with van der Waals surface area (Å²) in [6.07, 6.45) is -0.993. The Balaban J connectivity index is 4.21. The average molecular weight is 206 g/mol. The van der Waals surface area contributed by atoms with E-state index in [4.69, 9.17) is 15.9 Å². The van der Waals surface area contributed by atoms with Crippen LogP contribution in [0.1, 0.15) is 6.42 Å². The highest BCUT2D eigenvalue weighted by Gasteiger charge is 2.20. The van der Waals surface area contributed by atoms with Gasteiger partial charge in [0, 0.05) is 0 Å². The van der Waals surface area contributed by atoms with Gasteiger partial charge in [-0.15, -0.1) is 0 Å². The third-order valence-corrected chi connectivity index (χ3v) is 1.52. The molecule has 5 N–H and O–H groups in total. The van der Waals surface area contributed by atoms with E-state index in [2.05, 4.69) is 0 Å². The van der Waals surface area contributed by atoms with Crippen LogP contribution in [0.25, 0.3) is 0 Å². The largest absolute Gasteiger partial charge is 0.480 e. The van der Waals surface area contributed by atoms with Crippen molar-refractivity contribution in [3.8, 4) is 0 Å². The zero-order chi connectivity index (χ0) is 11.1. The molecule has 1 unspecified atom stereocenters. The van der Waals surface area contributed by atoms with Crippen LogP contribution in [0.5, 0.6) is 0 Å². The molecule has 0 saturated heterocycles. The molecule has 0 spiro atoms. The summed E-state index contributed by atoms with van der Waals surface area (Å²) in [5, 5.41) is 26.2. The SMILES string of the molecule is NCCC(O)N(CC(=O)O)CC(=O)O. The molecule has 0 aromatic rings. The van der Waals surface area contributed by atoms with E-state index in [1.165, 1.54) is 0 Å². The predicted molar refractivity (Wildman–Crippen MR) is 46.5 cm³/mol. The lowest BCUT2D eigenvalue weighted by molar-refractivity contribution is -0.147. The molecule has 0 heterocycles. The summed E-state index contributed by atoms with van der Waals surface area (Å²) >= 11 is 0. The van der Waals surface area contributed by atoms with Crippen molar-refractivity contribution in [3.05, 3.63) is 0 Å². The number of aliphatic hydroxyl groups excluding tert-OH is 1. The van der Waals surface area contributed by atoms with Crippen molar-refractivity contribution in [1.82, 2.24) is 4.90 Å². The molecule has 0 rings (SSSR count). The minimum atomic E-state index is -1.19. The van der Waals surface area contributed by atoms with Gasteiger partial charge in [0.1, 0.15) is 6.23 Å². The first kappa shape index (κ1) is 12.8. The lowest BCUT2D eigenvalue weighted by Crippen LogP contribution is -2.43. The van der Waals surface area contributed by atoms with Gasteiger partial charge in [-0.1, -0.05) is 0 Å². The predicted octanol–water partition coefficient (Wildman–Crippen LogP) is -1.88. The van der Waals surface area contributed by atoms with Crippen LogP contribution in [0, 0.1) is 0 Å². The van der Waals surface area contributed by atoms with Crippen LogP contribution in [-0.4, -0.2) is 58.0 Å². The molecule has 1 atom stereocenters. The molecule has 14 heavy (non-hydrogen) atoms. The number of carboxylic acids is 2. The van der Waals surface area contributed by atoms with Crippen LogP contribution in [0.3, 0.4) is 0 Å². The van der Waals surface area contributed by atoms with Crippen molar-refractivity contribution >= 4 is 11.9 Å². The van der Waals surface area contributed by atoms with Gasteiger partial charge in [-0.05, 0) is 13.0 Å². The second kappa shape index (κ2) is 6.30. The van der Waals surface area contributed by atoms with Crippen molar-refractivity contribution in [2.45, 2.75) is 12.6 Å². The molecule has 0 aliphatic rings. The Morgan fingerprint density at radius 3 is 1.93 bits per heavy atom. The molecule has 7 heteroatoms. The average Bonchev–Trinajstić information content (AvgIpc) is 2.01. The first-order valence-corrected chi connectivity index (χ1v) is 4.03. The monoisotopic (exact) mass is 206 g/mol. The summed E-state index contributed by atoms with van der Waals surface area (Å²) in [4.78, 5) is 21.6. The Bertz CT molecular complexity index is 192. The van der Waals surface area contributed by atoms with Crippen molar-refractivity contribution in [1.29, 1.82) is 0 Å². The molecule has 82 valence electrons. The Hall–Kier alpha value is -1.18. The summed E-state index contributed by atoms with van der Waals surface area (Å²) in [7, 11) is 0. The van der Waals surface area contributed by atoms with Gasteiger partial charge in [-0.2, -0.15) is 0 Å². The highest BCUT2D eigenvalue weighted by molar-refractivity contribution is 5.72. The summed E-state index contributed by atoms with van der Waals surface area (Å²) in [5.74, 6) is -2.38. The molecule has 7 nitrogen and oxygen atoms in total. The quantitative estimate of drug-likeness (QED) is 0.359. The molecule has 0 saturated carbocycles. The van der Waals surface area contributed by atoms with Crippen LogP contribution < -0.4 is 5.73 Å². The van der Waals surface area contributed by atoms with E-state index in [1.54, 1.807) is 0 Å². The number of carbonyl (C=O) groups is 2. The molecule has 0 aliphatic heterocycles. The van der Waals surface area contributed by atoms with Crippen molar-refractivity contribution in [3.63, 3.8) is 0 Å². The lowest BCUT2D eigenvalue weighted by atomic mass is 10.3. The van der Waals surface area contributed by atoms with Crippen LogP contribution in [0.4, 0.5) is 0 Å². The number of hydrogen-bond acceptors (Lipinski definition) is 5. The number of carboxylic acid groups (broad SMARTS) is 2. The number of aliphatic carboxylic acids is 2. The van der Waals surface area contributed by atoms with E-state index in [0.717, 1.165) is 4.90 Å². The van der Waals surface area contributed by atoms with E-state index in [9.17, 15) is 14.7 Å². The summed E-state index contributed by atoms with van der Waals surface area (Å²) in [5.41, 5.74) is 5.15. The van der Waals surface area contributed by atoms with Crippen molar-refractivity contribution < 1.29 is 24.9 Å². The van der Waals surface area contributed by atoms with Crippen LogP contribution in [0.2, 0.25) is 0 Å². The van der Waals surface area contributed by atoms with Gasteiger partial charge in [0.2, 0.25) is 0 Å². The maximum absolute atomic E-state index is 10.3. The van der Waals surface area contributed by atoms with Gasteiger partial charge in [0.25, 0.3) is 0 Å². The van der Waals surface area contributed by atoms with Gasteiger partial charge < -0.3 is 21.1 Å². The topological polar surface area (TPSA) is 124 Å². The Morgan fingerprint density at radius 1 is 1.21 bits per heavy atom. The van der Waals surface area contributed by atoms with Gasteiger partial charge in [-0.3, -0.25) is 14.5 Å². The summed E-state index contributed by atoms with van der Waals surface area (Å²) in [6.45, 7) is -0.877. The Kier molecular flexibility index (Phi) is 5.77. The van der Waals surface area contributed by atoms with E-state index < -0.39 is 31.3 Å². The van der Waals surface area contributed by atoms with Crippen molar-refractivity contribution in [2.75, 3.05) is 19.6 Å². The van der Waals surface area contributed by atoms with Crippen LogP contribution >= 0.6 is 0 Å². The fourth-order valence-corrected chi connectivity index (χ4v) is 0.946. The lowest BCUT2D eigenvalue weighted by Gasteiger charge is -2.23. The molecule has 0 aliphatic carbocycles. The van der Waals surface area contributed by atoms with Gasteiger partial charge in [0.15, 0.2) is 0 Å². The van der Waals surface area contributed by atoms with Gasteiger partial charge in [-0.25, -0.2) is 0 Å². The summed E-state index contributed by atoms with van der Waals surface area (Å²) in [6, 6.07) is 0. The minimum Gasteiger partial charge on any atom is -0.480 e. The van der Waals surface area contributed by atoms with E-state index in [-0.39, 0.29) is 13.0 Å². The standard InChI is InChI=1S/C7H14N2O5/c8-2-1-5(10)9(3-6(11)12)4-7(13)14/h5,10H,1-4,8H2,(H,11,12)(H,13,14). The highest BCUT2D eigenvalue weighted by Crippen LogP contribution is 1.99. The third-order valence-electron chi connectivity index (χ3n) is 1.52. The van der Waals surface area contributed by atoms with Gasteiger partial charge in [0.05, 0.1) is 13.1 Å². The Labute approximate surface area is 80.7 Å². The molecule has 0 radical (unpaired) electrons. The highest BCUT2D eigenvalue weighted by atomic mass is 16.4.